The van der Waals surface area contributed by atoms with Crippen LogP contribution in [-0.4, -0.2) is 26.1 Å². The van der Waals surface area contributed by atoms with E-state index in [1.54, 1.807) is 19.9 Å². The highest BCUT2D eigenvalue weighted by atomic mass is 19.1. The maximum Gasteiger partial charge on any atom is 0.309 e. The van der Waals surface area contributed by atoms with Gasteiger partial charge in [0.1, 0.15) is 5.82 Å². The topological polar surface area (TPSA) is 68.0 Å². The summed E-state index contributed by atoms with van der Waals surface area (Å²) in [5.74, 6) is -1.33. The molecule has 94 valence electrons. The molecule has 0 aliphatic heterocycles. The van der Waals surface area contributed by atoms with E-state index in [2.05, 4.69) is 10.3 Å². The van der Waals surface area contributed by atoms with Gasteiger partial charge in [-0.15, -0.1) is 5.10 Å². The number of rotatable bonds is 3. The van der Waals surface area contributed by atoms with Crippen molar-refractivity contribution in [2.24, 2.45) is 0 Å². The van der Waals surface area contributed by atoms with Crippen LogP contribution in [0.1, 0.15) is 17.0 Å². The molecule has 5 nitrogen and oxygen atoms in total. The van der Waals surface area contributed by atoms with Crippen LogP contribution in [0, 0.1) is 19.7 Å². The third-order valence-corrected chi connectivity index (χ3v) is 2.58. The average molecular weight is 249 g/mol. The zero-order valence-electron chi connectivity index (χ0n) is 10.0. The van der Waals surface area contributed by atoms with Crippen molar-refractivity contribution in [1.82, 2.24) is 15.0 Å². The van der Waals surface area contributed by atoms with E-state index in [9.17, 15) is 9.18 Å². The van der Waals surface area contributed by atoms with Crippen LogP contribution in [-0.2, 0) is 11.2 Å². The molecule has 18 heavy (non-hydrogen) atoms. The van der Waals surface area contributed by atoms with Crippen molar-refractivity contribution in [2.75, 3.05) is 0 Å². The molecule has 0 bridgehead atoms. The van der Waals surface area contributed by atoms with E-state index < -0.39 is 5.97 Å². The predicted octanol–water partition coefficient (Wildman–Crippen LogP) is 1.65. The Kier molecular flexibility index (Phi) is 3.10. The van der Waals surface area contributed by atoms with Gasteiger partial charge in [0.05, 0.1) is 23.5 Å². The van der Waals surface area contributed by atoms with Gasteiger partial charge in [-0.2, -0.15) is 0 Å². The largest absolute Gasteiger partial charge is 0.481 e. The smallest absolute Gasteiger partial charge is 0.309 e. The Labute approximate surface area is 103 Å². The van der Waals surface area contributed by atoms with Gasteiger partial charge in [-0.05, 0) is 37.6 Å². The number of carboxylic acids is 1. The van der Waals surface area contributed by atoms with Gasteiger partial charge >= 0.3 is 5.97 Å². The van der Waals surface area contributed by atoms with E-state index in [0.29, 0.717) is 17.1 Å². The number of hydrogen-bond acceptors (Lipinski definition) is 3. The highest BCUT2D eigenvalue weighted by Crippen LogP contribution is 2.15. The summed E-state index contributed by atoms with van der Waals surface area (Å²) in [4.78, 5) is 10.6. The molecule has 2 rings (SSSR count). The first-order valence-corrected chi connectivity index (χ1v) is 5.38. The van der Waals surface area contributed by atoms with Gasteiger partial charge in [0, 0.05) is 0 Å². The third-order valence-electron chi connectivity index (χ3n) is 2.58. The fraction of sp³-hybridized carbons (Fsp3) is 0.250. The lowest BCUT2D eigenvalue weighted by atomic mass is 10.2. The molecule has 0 saturated heterocycles. The molecular weight excluding hydrogens is 237 g/mol. The van der Waals surface area contributed by atoms with E-state index in [1.165, 1.54) is 16.8 Å². The fourth-order valence-corrected chi connectivity index (χ4v) is 1.75. The number of hydrogen-bond donors (Lipinski definition) is 1. The molecule has 0 fully saturated rings. The van der Waals surface area contributed by atoms with Crippen molar-refractivity contribution in [1.29, 1.82) is 0 Å². The maximum absolute atomic E-state index is 13.3. The van der Waals surface area contributed by atoms with Crippen molar-refractivity contribution in [3.05, 3.63) is 41.0 Å². The zero-order chi connectivity index (χ0) is 13.3. The SMILES string of the molecule is Cc1cc(F)cc(-n2nnc(CC(=O)O)c2C)c1. The summed E-state index contributed by atoms with van der Waals surface area (Å²) in [6.07, 6.45) is -0.194. The first-order chi connectivity index (χ1) is 8.47. The number of aryl methyl sites for hydroxylation is 1. The van der Waals surface area contributed by atoms with Crippen molar-refractivity contribution in [3.63, 3.8) is 0 Å². The summed E-state index contributed by atoms with van der Waals surface area (Å²) in [6, 6.07) is 4.50. The van der Waals surface area contributed by atoms with Crippen LogP contribution < -0.4 is 0 Å². The molecule has 1 N–H and O–H groups in total. The Hall–Kier alpha value is -2.24. The van der Waals surface area contributed by atoms with Gasteiger partial charge < -0.3 is 5.11 Å². The Bertz CT molecular complexity index is 587. The van der Waals surface area contributed by atoms with Crippen LogP contribution in [0.2, 0.25) is 0 Å². The molecule has 1 aromatic heterocycles. The Morgan fingerprint density at radius 2 is 2.11 bits per heavy atom. The summed E-state index contributed by atoms with van der Waals surface area (Å²) in [5.41, 5.74) is 2.28. The molecule has 1 aromatic carbocycles. The highest BCUT2D eigenvalue weighted by molar-refractivity contribution is 5.69. The monoisotopic (exact) mass is 249 g/mol. The van der Waals surface area contributed by atoms with Crippen LogP contribution in [0.4, 0.5) is 4.39 Å². The minimum atomic E-state index is -0.972. The lowest BCUT2D eigenvalue weighted by Gasteiger charge is -2.05. The molecule has 0 radical (unpaired) electrons. The summed E-state index contributed by atoms with van der Waals surface area (Å²) in [5, 5.41) is 16.4. The molecule has 0 unspecified atom stereocenters. The maximum atomic E-state index is 13.3. The molecule has 6 heteroatoms. The van der Waals surface area contributed by atoms with E-state index in [-0.39, 0.29) is 12.2 Å². The zero-order valence-corrected chi connectivity index (χ0v) is 10.0. The van der Waals surface area contributed by atoms with Gasteiger partial charge in [-0.1, -0.05) is 5.21 Å². The van der Waals surface area contributed by atoms with Gasteiger partial charge in [-0.3, -0.25) is 4.79 Å². The Balaban J connectivity index is 2.45. The molecule has 1 heterocycles. The van der Waals surface area contributed by atoms with Crippen molar-refractivity contribution in [3.8, 4) is 5.69 Å². The lowest BCUT2D eigenvalue weighted by Crippen LogP contribution is -2.04. The number of nitrogens with zero attached hydrogens (tertiary/aromatic N) is 3. The second kappa shape index (κ2) is 4.56. The quantitative estimate of drug-likeness (QED) is 0.898. The average Bonchev–Trinajstić information content (AvgIpc) is 2.58. The van der Waals surface area contributed by atoms with Crippen LogP contribution in [0.25, 0.3) is 5.69 Å². The van der Waals surface area contributed by atoms with Crippen LogP contribution in [0.5, 0.6) is 0 Å². The predicted molar refractivity (Wildman–Crippen MR) is 62.1 cm³/mol. The summed E-state index contributed by atoms with van der Waals surface area (Å²) in [6.45, 7) is 3.48. The minimum Gasteiger partial charge on any atom is -0.481 e. The molecule has 0 aliphatic rings. The van der Waals surface area contributed by atoms with Crippen LogP contribution >= 0.6 is 0 Å². The normalized spacial score (nSPS) is 10.6. The van der Waals surface area contributed by atoms with Crippen molar-refractivity contribution in [2.45, 2.75) is 20.3 Å². The van der Waals surface area contributed by atoms with Crippen LogP contribution in [0.3, 0.4) is 0 Å². The number of carboxylic acid groups (broad SMARTS) is 1. The molecule has 0 saturated carbocycles. The van der Waals surface area contributed by atoms with Gasteiger partial charge in [0.25, 0.3) is 0 Å². The Morgan fingerprint density at radius 1 is 1.39 bits per heavy atom. The fourth-order valence-electron chi connectivity index (χ4n) is 1.75. The third kappa shape index (κ3) is 2.37. The van der Waals surface area contributed by atoms with Gasteiger partial charge in [-0.25, -0.2) is 9.07 Å². The minimum absolute atomic E-state index is 0.194. The summed E-state index contributed by atoms with van der Waals surface area (Å²) < 4.78 is 14.7. The van der Waals surface area contributed by atoms with Crippen LogP contribution in [0.15, 0.2) is 18.2 Å². The summed E-state index contributed by atoms with van der Waals surface area (Å²) in [7, 11) is 0. The lowest BCUT2D eigenvalue weighted by molar-refractivity contribution is -0.136. The van der Waals surface area contributed by atoms with E-state index in [1.807, 2.05) is 0 Å². The number of halogens is 1. The van der Waals surface area contributed by atoms with E-state index in [0.717, 1.165) is 5.56 Å². The van der Waals surface area contributed by atoms with Crippen molar-refractivity contribution < 1.29 is 14.3 Å². The summed E-state index contributed by atoms with van der Waals surface area (Å²) >= 11 is 0. The number of carbonyl (C=O) groups is 1. The molecular formula is C12H12FN3O2. The number of aromatic nitrogens is 3. The van der Waals surface area contributed by atoms with Gasteiger partial charge in [0.15, 0.2) is 0 Å². The standard InChI is InChI=1S/C12H12FN3O2/c1-7-3-9(13)5-10(4-7)16-8(2)11(14-15-16)6-12(17)18/h3-5H,6H2,1-2H3,(H,17,18). The molecule has 0 amide bonds. The highest BCUT2D eigenvalue weighted by Gasteiger charge is 2.13. The second-order valence-electron chi connectivity index (χ2n) is 4.09. The van der Waals surface area contributed by atoms with E-state index in [4.69, 9.17) is 5.11 Å². The van der Waals surface area contributed by atoms with Crippen molar-refractivity contribution >= 4 is 5.97 Å². The first-order valence-electron chi connectivity index (χ1n) is 5.38. The first kappa shape index (κ1) is 12.2. The van der Waals surface area contributed by atoms with Gasteiger partial charge in [0.2, 0.25) is 0 Å². The van der Waals surface area contributed by atoms with E-state index >= 15 is 0 Å². The number of benzene rings is 1. The molecule has 0 aliphatic carbocycles. The Morgan fingerprint density at radius 3 is 2.72 bits per heavy atom. The molecule has 2 aromatic rings. The second-order valence-corrected chi connectivity index (χ2v) is 4.09. The molecule has 0 spiro atoms. The number of aliphatic carboxylic acids is 1. The molecule has 0 atom stereocenters.